The zero-order chi connectivity index (χ0) is 27.1. The molecule has 1 saturated heterocycles. The minimum Gasteiger partial charge on any atom is -0.407 e. The molecule has 0 N–H and O–H groups in total. The molecule has 0 aromatic heterocycles. The lowest BCUT2D eigenvalue weighted by Crippen LogP contribution is -2.55. The fraction of sp³-hybridized carbons (Fsp3) is 0.286. The molecule has 0 spiro atoms. The van der Waals surface area contributed by atoms with Gasteiger partial charge in [0.1, 0.15) is 0 Å². The third kappa shape index (κ3) is 4.61. The lowest BCUT2D eigenvalue weighted by molar-refractivity contribution is -0.0624. The van der Waals surface area contributed by atoms with Crippen molar-refractivity contribution in [1.29, 1.82) is 5.26 Å². The van der Waals surface area contributed by atoms with E-state index in [-0.39, 0.29) is 18.6 Å². The third-order valence-corrected chi connectivity index (χ3v) is 8.49. The second-order valence-corrected chi connectivity index (χ2v) is 11.7. The largest absolute Gasteiger partial charge is 0.494 e. The summed E-state index contributed by atoms with van der Waals surface area (Å²) in [5, 5.41) is 14.4. The van der Waals surface area contributed by atoms with Crippen molar-refractivity contribution in [3.63, 3.8) is 0 Å². The first-order valence-electron chi connectivity index (χ1n) is 14.0. The first kappa shape index (κ1) is 25.6. The zero-order valence-electron chi connectivity index (χ0n) is 23.1. The molecule has 2 atom stereocenters. The zero-order valence-corrected chi connectivity index (χ0v) is 23.1. The molecule has 0 saturated carbocycles. The van der Waals surface area contributed by atoms with Crippen LogP contribution in [0.25, 0.3) is 38.2 Å². The van der Waals surface area contributed by atoms with Gasteiger partial charge in [-0.15, -0.1) is 0 Å². The van der Waals surface area contributed by atoms with Gasteiger partial charge in [-0.2, -0.15) is 5.26 Å². The van der Waals surface area contributed by atoms with E-state index in [1.807, 2.05) is 6.08 Å². The van der Waals surface area contributed by atoms with E-state index in [0.29, 0.717) is 18.4 Å². The second-order valence-electron chi connectivity index (χ2n) is 11.7. The molecule has 6 rings (SSSR count). The van der Waals surface area contributed by atoms with Crippen LogP contribution in [0.3, 0.4) is 0 Å². The number of hydrogen-bond donors (Lipinski definition) is 0. The number of hydrogen-bond acceptors (Lipinski definition) is 3. The maximum atomic E-state index is 9.45. The van der Waals surface area contributed by atoms with Gasteiger partial charge in [-0.1, -0.05) is 105 Å². The van der Waals surface area contributed by atoms with Gasteiger partial charge in [0.2, 0.25) is 0 Å². The SMILES string of the molecule is CC(C)C1COB(c2ccc(-c3c(C4=CCC(C#N)C=C4)c4ccccc4c4ccccc34)cc2)OC1(C)C. The predicted octanol–water partition coefficient (Wildman–Crippen LogP) is 7.94. The second kappa shape index (κ2) is 10.2. The smallest absolute Gasteiger partial charge is 0.407 e. The summed E-state index contributed by atoms with van der Waals surface area (Å²) < 4.78 is 12.7. The van der Waals surface area contributed by atoms with Gasteiger partial charge in [0.15, 0.2) is 0 Å². The van der Waals surface area contributed by atoms with Gasteiger partial charge in [-0.05, 0) is 75.5 Å². The fourth-order valence-electron chi connectivity index (χ4n) is 6.40. The Labute approximate surface area is 231 Å². The van der Waals surface area contributed by atoms with Crippen LogP contribution in [-0.2, 0) is 9.31 Å². The normalized spacial score (nSPS) is 20.8. The summed E-state index contributed by atoms with van der Waals surface area (Å²) in [6.07, 6.45) is 7.11. The summed E-state index contributed by atoms with van der Waals surface area (Å²) >= 11 is 0. The third-order valence-electron chi connectivity index (χ3n) is 8.49. The highest BCUT2D eigenvalue weighted by Gasteiger charge is 2.42. The molecule has 1 aliphatic carbocycles. The van der Waals surface area contributed by atoms with E-state index in [2.05, 4.69) is 119 Å². The van der Waals surface area contributed by atoms with Crippen LogP contribution >= 0.6 is 0 Å². The highest BCUT2D eigenvalue weighted by Crippen LogP contribution is 2.43. The minimum absolute atomic E-state index is 0.0711. The summed E-state index contributed by atoms with van der Waals surface area (Å²) in [4.78, 5) is 0. The lowest BCUT2D eigenvalue weighted by atomic mass is 9.71. The van der Waals surface area contributed by atoms with Crippen LogP contribution in [0.15, 0.2) is 91.0 Å². The molecule has 4 aromatic carbocycles. The molecular weight excluding hydrogens is 477 g/mol. The molecule has 39 heavy (non-hydrogen) atoms. The molecule has 1 aliphatic heterocycles. The molecule has 3 nitrogen and oxygen atoms in total. The number of fused-ring (bicyclic) bond motifs is 3. The van der Waals surface area contributed by atoms with Crippen LogP contribution in [0.4, 0.5) is 0 Å². The molecule has 1 fully saturated rings. The Morgan fingerprint density at radius 2 is 1.49 bits per heavy atom. The lowest BCUT2D eigenvalue weighted by Gasteiger charge is -2.43. The molecule has 0 bridgehead atoms. The highest BCUT2D eigenvalue weighted by atomic mass is 16.6. The van der Waals surface area contributed by atoms with E-state index in [9.17, 15) is 5.26 Å². The van der Waals surface area contributed by atoms with Crippen LogP contribution in [0.1, 0.15) is 39.7 Å². The van der Waals surface area contributed by atoms with Crippen molar-refractivity contribution in [2.45, 2.75) is 39.7 Å². The van der Waals surface area contributed by atoms with Crippen LogP contribution < -0.4 is 5.46 Å². The Balaban J connectivity index is 1.48. The topological polar surface area (TPSA) is 42.2 Å². The number of benzene rings is 4. The maximum Gasteiger partial charge on any atom is 0.494 e. The maximum absolute atomic E-state index is 9.45. The Bertz CT molecular complexity index is 1640. The standard InChI is InChI=1S/C35H34BNO2/c1-23(2)32-22-38-36(39-35(32,3)4)27-19-17-26(18-20-27)34-31-12-8-6-10-29(31)28-9-5-7-11-30(28)33(34)25-15-13-24(21-37)14-16-25/h5-13,15-20,23-24,32H,14,22H2,1-4H3. The Morgan fingerprint density at radius 3 is 2.03 bits per heavy atom. The van der Waals surface area contributed by atoms with E-state index in [4.69, 9.17) is 9.31 Å². The summed E-state index contributed by atoms with van der Waals surface area (Å²) in [7, 11) is -0.372. The average molecular weight is 511 g/mol. The molecule has 0 amide bonds. The van der Waals surface area contributed by atoms with Crippen molar-refractivity contribution >= 4 is 39.7 Å². The van der Waals surface area contributed by atoms with E-state index >= 15 is 0 Å². The van der Waals surface area contributed by atoms with Gasteiger partial charge < -0.3 is 9.31 Å². The quantitative estimate of drug-likeness (QED) is 0.206. The monoisotopic (exact) mass is 511 g/mol. The van der Waals surface area contributed by atoms with Crippen molar-refractivity contribution in [1.82, 2.24) is 0 Å². The van der Waals surface area contributed by atoms with E-state index in [0.717, 1.165) is 17.4 Å². The van der Waals surface area contributed by atoms with Gasteiger partial charge in [0, 0.05) is 12.5 Å². The van der Waals surface area contributed by atoms with Gasteiger partial charge in [0.25, 0.3) is 0 Å². The van der Waals surface area contributed by atoms with Crippen molar-refractivity contribution < 1.29 is 9.31 Å². The first-order chi connectivity index (χ1) is 18.9. The molecule has 4 heteroatoms. The van der Waals surface area contributed by atoms with Crippen molar-refractivity contribution in [3.8, 4) is 17.2 Å². The van der Waals surface area contributed by atoms with Crippen LogP contribution in [-0.4, -0.2) is 19.3 Å². The van der Waals surface area contributed by atoms with Crippen molar-refractivity contribution in [3.05, 3.63) is 96.6 Å². The minimum atomic E-state index is -0.372. The predicted molar refractivity (Wildman–Crippen MR) is 163 cm³/mol. The molecule has 194 valence electrons. The average Bonchev–Trinajstić information content (AvgIpc) is 2.96. The Kier molecular flexibility index (Phi) is 6.67. The molecule has 2 aliphatic rings. The molecule has 2 unspecified atom stereocenters. The Hall–Kier alpha value is -3.65. The molecule has 4 aromatic rings. The van der Waals surface area contributed by atoms with E-state index in [1.54, 1.807) is 0 Å². The summed E-state index contributed by atoms with van der Waals surface area (Å²) in [5.74, 6) is 0.782. The van der Waals surface area contributed by atoms with E-state index in [1.165, 1.54) is 38.2 Å². The van der Waals surface area contributed by atoms with Gasteiger partial charge in [-0.25, -0.2) is 0 Å². The summed E-state index contributed by atoms with van der Waals surface area (Å²) in [6, 6.07) is 28.4. The number of nitriles is 1. The number of rotatable bonds is 4. The summed E-state index contributed by atoms with van der Waals surface area (Å²) in [6.45, 7) is 9.52. The van der Waals surface area contributed by atoms with Crippen molar-refractivity contribution in [2.24, 2.45) is 17.8 Å². The van der Waals surface area contributed by atoms with Gasteiger partial charge in [0.05, 0.1) is 17.6 Å². The van der Waals surface area contributed by atoms with Gasteiger partial charge >= 0.3 is 7.12 Å². The highest BCUT2D eigenvalue weighted by molar-refractivity contribution is 6.61. The van der Waals surface area contributed by atoms with Crippen LogP contribution in [0.5, 0.6) is 0 Å². The summed E-state index contributed by atoms with van der Waals surface area (Å²) in [5.41, 5.74) is 5.54. The van der Waals surface area contributed by atoms with Crippen LogP contribution in [0, 0.1) is 29.1 Å². The van der Waals surface area contributed by atoms with Crippen LogP contribution in [0.2, 0.25) is 0 Å². The molecule has 1 heterocycles. The van der Waals surface area contributed by atoms with E-state index < -0.39 is 0 Å². The fourth-order valence-corrected chi connectivity index (χ4v) is 6.40. The first-order valence-corrected chi connectivity index (χ1v) is 14.0. The van der Waals surface area contributed by atoms with Gasteiger partial charge in [-0.3, -0.25) is 0 Å². The van der Waals surface area contributed by atoms with Crippen molar-refractivity contribution in [2.75, 3.05) is 6.61 Å². The number of nitrogens with zero attached hydrogens (tertiary/aromatic N) is 1. The number of allylic oxidation sites excluding steroid dienone is 4. The molecular formula is C35H34BNO2. The molecule has 0 radical (unpaired) electrons. The Morgan fingerprint density at radius 1 is 0.872 bits per heavy atom.